The van der Waals surface area contributed by atoms with Crippen molar-refractivity contribution in [2.24, 2.45) is 0 Å². The first-order valence-corrected chi connectivity index (χ1v) is 9.19. The van der Waals surface area contributed by atoms with Crippen LogP contribution in [0.5, 0.6) is 5.75 Å². The molecule has 0 unspecified atom stereocenters. The minimum Gasteiger partial charge on any atom is -0.497 e. The number of rotatable bonds is 5. The average Bonchev–Trinajstić information content (AvgIpc) is 3.02. The molecule has 0 spiro atoms. The van der Waals surface area contributed by atoms with Crippen LogP contribution in [0.15, 0.2) is 29.6 Å². The highest BCUT2D eigenvalue weighted by atomic mass is 32.1. The van der Waals surface area contributed by atoms with E-state index in [2.05, 4.69) is 15.2 Å². The van der Waals surface area contributed by atoms with Crippen LogP contribution in [0.25, 0.3) is 11.3 Å². The van der Waals surface area contributed by atoms with Gasteiger partial charge in [-0.3, -0.25) is 9.69 Å². The maximum atomic E-state index is 12.3. The second kappa shape index (κ2) is 7.95. The molecule has 0 radical (unpaired) electrons. The van der Waals surface area contributed by atoms with E-state index < -0.39 is 0 Å². The zero-order valence-corrected chi connectivity index (χ0v) is 15.5. The predicted molar refractivity (Wildman–Crippen MR) is 99.2 cm³/mol. The lowest BCUT2D eigenvalue weighted by Crippen LogP contribution is -2.48. The second-order valence-corrected chi connectivity index (χ2v) is 7.12. The summed E-state index contributed by atoms with van der Waals surface area (Å²) in [6.45, 7) is 5.96. The monoisotopic (exact) mass is 361 g/mol. The Hall–Kier alpha value is -1.96. The number of nitrogens with one attached hydrogen (secondary N) is 1. The van der Waals surface area contributed by atoms with Gasteiger partial charge in [0, 0.05) is 24.0 Å². The first-order chi connectivity index (χ1) is 12.0. The Morgan fingerprint density at radius 2 is 2.00 bits per heavy atom. The Kier molecular flexibility index (Phi) is 5.67. The normalized spacial score (nSPS) is 21.1. The van der Waals surface area contributed by atoms with Crippen molar-refractivity contribution < 1.29 is 14.3 Å². The van der Waals surface area contributed by atoms with Gasteiger partial charge < -0.3 is 14.8 Å². The summed E-state index contributed by atoms with van der Waals surface area (Å²) in [4.78, 5) is 18.9. The van der Waals surface area contributed by atoms with Crippen LogP contribution in [0.4, 0.5) is 5.13 Å². The highest BCUT2D eigenvalue weighted by Crippen LogP contribution is 2.26. The molecule has 1 fully saturated rings. The summed E-state index contributed by atoms with van der Waals surface area (Å²) in [5.74, 6) is 0.762. The van der Waals surface area contributed by atoms with E-state index in [1.165, 1.54) is 11.3 Å². The zero-order valence-electron chi connectivity index (χ0n) is 14.7. The Labute approximate surface area is 151 Å². The summed E-state index contributed by atoms with van der Waals surface area (Å²) in [7, 11) is 1.64. The molecule has 2 atom stereocenters. The van der Waals surface area contributed by atoms with Gasteiger partial charge in [0.05, 0.1) is 31.6 Å². The van der Waals surface area contributed by atoms with Gasteiger partial charge in [-0.1, -0.05) is 0 Å². The molecule has 0 bridgehead atoms. The van der Waals surface area contributed by atoms with Crippen molar-refractivity contribution in [2.75, 3.05) is 32.1 Å². The Bertz CT molecular complexity index is 707. The smallest absolute Gasteiger partial charge is 0.240 e. The molecule has 2 heterocycles. The van der Waals surface area contributed by atoms with Crippen LogP contribution in [-0.2, 0) is 9.53 Å². The fourth-order valence-electron chi connectivity index (χ4n) is 3.00. The number of amides is 1. The quantitative estimate of drug-likeness (QED) is 0.887. The SMILES string of the molecule is COc1ccc(-c2csc(NC(=O)CN3C[C@@H](C)O[C@@H](C)C3)n2)cc1. The lowest BCUT2D eigenvalue weighted by Gasteiger charge is -2.34. The third-order valence-electron chi connectivity index (χ3n) is 4.00. The minimum absolute atomic E-state index is 0.0445. The van der Waals surface area contributed by atoms with E-state index in [0.717, 1.165) is 30.1 Å². The Morgan fingerprint density at radius 3 is 2.64 bits per heavy atom. The molecular formula is C18H23N3O3S. The van der Waals surface area contributed by atoms with Crippen LogP contribution in [0.3, 0.4) is 0 Å². The molecule has 1 aliphatic heterocycles. The number of carbonyl (C=O) groups is 1. The molecule has 134 valence electrons. The van der Waals surface area contributed by atoms with Gasteiger partial charge in [-0.2, -0.15) is 0 Å². The lowest BCUT2D eigenvalue weighted by molar-refractivity contribution is -0.121. The molecule has 3 rings (SSSR count). The van der Waals surface area contributed by atoms with Gasteiger partial charge in [0.25, 0.3) is 0 Å². The fraction of sp³-hybridized carbons (Fsp3) is 0.444. The number of thiazole rings is 1. The molecule has 1 saturated heterocycles. The summed E-state index contributed by atoms with van der Waals surface area (Å²) in [6, 6.07) is 7.70. The van der Waals surface area contributed by atoms with Crippen LogP contribution in [0.2, 0.25) is 0 Å². The molecule has 6 nitrogen and oxygen atoms in total. The summed E-state index contributed by atoms with van der Waals surface area (Å²) < 4.78 is 10.9. The molecule has 7 heteroatoms. The molecule has 0 saturated carbocycles. The molecule has 1 N–H and O–H groups in total. The van der Waals surface area contributed by atoms with Gasteiger partial charge in [-0.05, 0) is 38.1 Å². The first kappa shape index (κ1) is 17.8. The van der Waals surface area contributed by atoms with Gasteiger partial charge in [0.15, 0.2) is 5.13 Å². The van der Waals surface area contributed by atoms with Gasteiger partial charge in [-0.15, -0.1) is 11.3 Å². The van der Waals surface area contributed by atoms with Crippen LogP contribution in [0.1, 0.15) is 13.8 Å². The summed E-state index contributed by atoms with van der Waals surface area (Å²) in [6.07, 6.45) is 0.302. The average molecular weight is 361 g/mol. The van der Waals surface area contributed by atoms with Crippen molar-refractivity contribution >= 4 is 22.4 Å². The van der Waals surface area contributed by atoms with E-state index in [9.17, 15) is 4.79 Å². The number of hydrogen-bond donors (Lipinski definition) is 1. The van der Waals surface area contributed by atoms with Gasteiger partial charge in [-0.25, -0.2) is 4.98 Å². The van der Waals surface area contributed by atoms with Crippen molar-refractivity contribution in [3.63, 3.8) is 0 Å². The summed E-state index contributed by atoms with van der Waals surface area (Å²) in [5.41, 5.74) is 1.84. The fourth-order valence-corrected chi connectivity index (χ4v) is 3.74. The Balaban J connectivity index is 1.58. The van der Waals surface area contributed by atoms with Crippen molar-refractivity contribution in [3.8, 4) is 17.0 Å². The second-order valence-electron chi connectivity index (χ2n) is 6.27. The maximum absolute atomic E-state index is 12.3. The number of benzene rings is 1. The van der Waals surface area contributed by atoms with Crippen LogP contribution < -0.4 is 10.1 Å². The lowest BCUT2D eigenvalue weighted by atomic mass is 10.2. The largest absolute Gasteiger partial charge is 0.497 e. The van der Waals surface area contributed by atoms with E-state index in [4.69, 9.17) is 9.47 Å². The van der Waals surface area contributed by atoms with Gasteiger partial charge in [0.2, 0.25) is 5.91 Å². The highest BCUT2D eigenvalue weighted by Gasteiger charge is 2.23. The van der Waals surface area contributed by atoms with E-state index in [-0.39, 0.29) is 18.1 Å². The molecule has 1 aromatic heterocycles. The van der Waals surface area contributed by atoms with Crippen LogP contribution >= 0.6 is 11.3 Å². The van der Waals surface area contributed by atoms with E-state index in [1.807, 2.05) is 43.5 Å². The van der Waals surface area contributed by atoms with Crippen molar-refractivity contribution in [1.82, 2.24) is 9.88 Å². The highest BCUT2D eigenvalue weighted by molar-refractivity contribution is 7.14. The van der Waals surface area contributed by atoms with Crippen LogP contribution in [-0.4, -0.2) is 54.7 Å². The number of nitrogens with zero attached hydrogens (tertiary/aromatic N) is 2. The van der Waals surface area contributed by atoms with Crippen molar-refractivity contribution in [2.45, 2.75) is 26.1 Å². The van der Waals surface area contributed by atoms with Crippen molar-refractivity contribution in [3.05, 3.63) is 29.6 Å². The molecule has 1 aromatic carbocycles. The van der Waals surface area contributed by atoms with Crippen LogP contribution in [0, 0.1) is 0 Å². The topological polar surface area (TPSA) is 63.7 Å². The predicted octanol–water partition coefficient (Wildman–Crippen LogP) is 2.87. The molecule has 1 amide bonds. The molecule has 2 aromatic rings. The molecule has 25 heavy (non-hydrogen) atoms. The molecular weight excluding hydrogens is 338 g/mol. The molecule has 1 aliphatic rings. The third-order valence-corrected chi connectivity index (χ3v) is 4.76. The number of carbonyl (C=O) groups excluding carboxylic acids is 1. The number of hydrogen-bond acceptors (Lipinski definition) is 6. The third kappa shape index (κ3) is 4.78. The Morgan fingerprint density at radius 1 is 1.32 bits per heavy atom. The number of methoxy groups -OCH3 is 1. The number of ether oxygens (including phenoxy) is 2. The van der Waals surface area contributed by atoms with E-state index >= 15 is 0 Å². The summed E-state index contributed by atoms with van der Waals surface area (Å²) >= 11 is 1.43. The van der Waals surface area contributed by atoms with Gasteiger partial charge >= 0.3 is 0 Å². The number of aromatic nitrogens is 1. The van der Waals surface area contributed by atoms with E-state index in [0.29, 0.717) is 11.7 Å². The van der Waals surface area contributed by atoms with Crippen molar-refractivity contribution in [1.29, 1.82) is 0 Å². The standard InChI is InChI=1S/C18H23N3O3S/c1-12-8-21(9-13(2)24-12)10-17(22)20-18-19-16(11-25-18)14-4-6-15(23-3)7-5-14/h4-7,11-13H,8-10H2,1-3H3,(H,19,20,22)/t12-,13+. The minimum atomic E-state index is -0.0445. The zero-order chi connectivity index (χ0) is 17.8. The first-order valence-electron chi connectivity index (χ1n) is 8.31. The maximum Gasteiger partial charge on any atom is 0.240 e. The summed E-state index contributed by atoms with van der Waals surface area (Å²) in [5, 5.41) is 5.45. The van der Waals surface area contributed by atoms with Gasteiger partial charge in [0.1, 0.15) is 5.75 Å². The molecule has 0 aliphatic carbocycles. The number of morpholine rings is 1. The number of anilines is 1. The van der Waals surface area contributed by atoms with E-state index in [1.54, 1.807) is 7.11 Å².